The van der Waals surface area contributed by atoms with Crippen molar-refractivity contribution in [2.75, 3.05) is 40.0 Å². The largest absolute Gasteiger partial charge is 0.396 e. The fraction of sp³-hybridized carbons (Fsp3) is 0.700. The van der Waals surface area contributed by atoms with Crippen molar-refractivity contribution in [2.24, 2.45) is 5.92 Å². The molecule has 4 nitrogen and oxygen atoms in total. The minimum absolute atomic E-state index is 0.151. The van der Waals surface area contributed by atoms with Crippen LogP contribution in [0.2, 0.25) is 5.02 Å². The molecule has 2 atom stereocenters. The van der Waals surface area contributed by atoms with E-state index in [4.69, 9.17) is 21.1 Å². The summed E-state index contributed by atoms with van der Waals surface area (Å²) in [6.45, 7) is 3.51. The summed E-state index contributed by atoms with van der Waals surface area (Å²) in [6.07, 6.45) is 5.95. The molecule has 0 aromatic heterocycles. The zero-order valence-electron chi connectivity index (χ0n) is 15.3. The van der Waals surface area contributed by atoms with Gasteiger partial charge in [0.15, 0.2) is 0 Å². The van der Waals surface area contributed by atoms with E-state index in [1.54, 1.807) is 7.11 Å². The summed E-state index contributed by atoms with van der Waals surface area (Å²) in [5, 5.41) is 13.5. The first-order valence-corrected chi connectivity index (χ1v) is 9.81. The normalized spacial score (nSPS) is 20.4. The summed E-state index contributed by atoms with van der Waals surface area (Å²) in [5.74, 6) is 0.404. The highest BCUT2D eigenvalue weighted by molar-refractivity contribution is 6.30. The number of nitrogens with one attached hydrogen (secondary N) is 1. The second kappa shape index (κ2) is 11.1. The Morgan fingerprint density at radius 3 is 2.84 bits per heavy atom. The lowest BCUT2D eigenvalue weighted by Crippen LogP contribution is -2.46. The van der Waals surface area contributed by atoms with Gasteiger partial charge in [-0.25, -0.2) is 0 Å². The minimum atomic E-state index is -0.360. The smallest absolute Gasteiger partial charge is 0.0971 e. The molecule has 25 heavy (non-hydrogen) atoms. The summed E-state index contributed by atoms with van der Waals surface area (Å²) in [6, 6.07) is 8.10. The number of methoxy groups -OCH3 is 1. The molecule has 2 N–H and O–H groups in total. The van der Waals surface area contributed by atoms with Crippen LogP contribution in [0.1, 0.15) is 44.1 Å². The zero-order valence-corrected chi connectivity index (χ0v) is 16.1. The van der Waals surface area contributed by atoms with Crippen molar-refractivity contribution < 1.29 is 14.6 Å². The lowest BCUT2D eigenvalue weighted by Gasteiger charge is -2.43. The predicted octanol–water partition coefficient (Wildman–Crippen LogP) is 3.75. The summed E-state index contributed by atoms with van der Waals surface area (Å²) >= 11 is 6.30. The van der Waals surface area contributed by atoms with E-state index in [1.807, 2.05) is 18.2 Å². The summed E-state index contributed by atoms with van der Waals surface area (Å²) in [4.78, 5) is 0. The number of unbranched alkanes of at least 4 members (excludes halogenated alkanes) is 1. The lowest BCUT2D eigenvalue weighted by atomic mass is 9.74. The molecule has 0 bridgehead atoms. The van der Waals surface area contributed by atoms with Crippen LogP contribution >= 0.6 is 11.6 Å². The highest BCUT2D eigenvalue weighted by Crippen LogP contribution is 2.42. The monoisotopic (exact) mass is 369 g/mol. The number of aliphatic hydroxyl groups excluding tert-OH is 1. The van der Waals surface area contributed by atoms with Crippen LogP contribution in [-0.2, 0) is 15.1 Å². The van der Waals surface area contributed by atoms with Crippen molar-refractivity contribution in [3.05, 3.63) is 34.9 Å². The van der Waals surface area contributed by atoms with Gasteiger partial charge in [-0.3, -0.25) is 0 Å². The van der Waals surface area contributed by atoms with Crippen LogP contribution in [-0.4, -0.2) is 45.1 Å². The molecule has 1 aromatic rings. The molecule has 1 heterocycles. The summed E-state index contributed by atoms with van der Waals surface area (Å²) in [5.41, 5.74) is 0.797. The van der Waals surface area contributed by atoms with Gasteiger partial charge in [-0.1, -0.05) is 23.7 Å². The fourth-order valence-electron chi connectivity index (χ4n) is 3.81. The van der Waals surface area contributed by atoms with E-state index in [2.05, 4.69) is 11.4 Å². The maximum atomic E-state index is 9.20. The Kier molecular flexibility index (Phi) is 9.21. The van der Waals surface area contributed by atoms with Gasteiger partial charge >= 0.3 is 0 Å². The van der Waals surface area contributed by atoms with Gasteiger partial charge in [-0.05, 0) is 62.8 Å². The Bertz CT molecular complexity index is 494. The average Bonchev–Trinajstić information content (AvgIpc) is 2.64. The Morgan fingerprint density at radius 1 is 1.28 bits per heavy atom. The van der Waals surface area contributed by atoms with E-state index in [0.29, 0.717) is 18.9 Å². The Labute approximate surface area is 156 Å². The molecule has 1 unspecified atom stereocenters. The van der Waals surface area contributed by atoms with E-state index in [-0.39, 0.29) is 12.2 Å². The lowest BCUT2D eigenvalue weighted by molar-refractivity contribution is -0.109. The molecular formula is C20H32ClNO3. The minimum Gasteiger partial charge on any atom is -0.396 e. The first-order valence-electron chi connectivity index (χ1n) is 9.43. The molecule has 1 fully saturated rings. The zero-order chi connectivity index (χ0) is 18.0. The van der Waals surface area contributed by atoms with Crippen molar-refractivity contribution in [1.29, 1.82) is 0 Å². The molecular weight excluding hydrogens is 338 g/mol. The molecule has 0 saturated carbocycles. The molecule has 1 aromatic carbocycles. The van der Waals surface area contributed by atoms with Gasteiger partial charge in [0.1, 0.15) is 0 Å². The van der Waals surface area contributed by atoms with Crippen LogP contribution < -0.4 is 5.32 Å². The molecule has 2 rings (SSSR count). The van der Waals surface area contributed by atoms with E-state index in [1.165, 1.54) is 0 Å². The first kappa shape index (κ1) is 20.7. The number of hydrogen-bond donors (Lipinski definition) is 2. The van der Waals surface area contributed by atoms with Crippen molar-refractivity contribution >= 4 is 11.6 Å². The van der Waals surface area contributed by atoms with E-state index in [9.17, 15) is 5.11 Å². The quantitative estimate of drug-likeness (QED) is 0.583. The third-order valence-corrected chi connectivity index (χ3v) is 5.31. The number of hydrogen-bond acceptors (Lipinski definition) is 4. The van der Waals surface area contributed by atoms with Crippen LogP contribution in [0.5, 0.6) is 0 Å². The molecule has 1 aliphatic rings. The van der Waals surface area contributed by atoms with Gasteiger partial charge in [-0.15, -0.1) is 0 Å². The fourth-order valence-corrected chi connectivity index (χ4v) is 4.00. The Balaban J connectivity index is 2.28. The van der Waals surface area contributed by atoms with Crippen molar-refractivity contribution in [3.63, 3.8) is 0 Å². The topological polar surface area (TPSA) is 50.7 Å². The van der Waals surface area contributed by atoms with E-state index >= 15 is 0 Å². The first-order chi connectivity index (χ1) is 12.2. The number of piperidine rings is 1. The third kappa shape index (κ3) is 5.93. The molecule has 142 valence electrons. The SMILES string of the molecule is COCCCCC(OCCCO)(c1cccc(Cl)c1)[C@@H]1CCCNC1. The molecule has 0 aliphatic carbocycles. The van der Waals surface area contributed by atoms with Crippen LogP contribution in [0, 0.1) is 5.92 Å². The molecule has 1 aliphatic heterocycles. The molecule has 0 amide bonds. The van der Waals surface area contributed by atoms with Gasteiger partial charge in [0.25, 0.3) is 0 Å². The third-order valence-electron chi connectivity index (χ3n) is 5.08. The van der Waals surface area contributed by atoms with E-state index < -0.39 is 0 Å². The number of ether oxygens (including phenoxy) is 2. The number of aliphatic hydroxyl groups is 1. The van der Waals surface area contributed by atoms with Gasteiger partial charge in [0, 0.05) is 44.4 Å². The maximum Gasteiger partial charge on any atom is 0.0971 e. The van der Waals surface area contributed by atoms with Crippen LogP contribution in [0.25, 0.3) is 0 Å². The standard InChI is InChI=1S/C20H32ClNO3/c1-24-13-3-2-10-20(25-14-6-12-23,18-8-5-11-22-16-18)17-7-4-9-19(21)15-17/h4,7,9,15,18,22-23H,2-3,5-6,8,10-14,16H2,1H3/t18-,20?/m1/s1. The van der Waals surface area contributed by atoms with Crippen LogP contribution in [0.3, 0.4) is 0 Å². The van der Waals surface area contributed by atoms with Gasteiger partial charge < -0.3 is 19.9 Å². The van der Waals surface area contributed by atoms with Crippen LogP contribution in [0.4, 0.5) is 0 Å². The van der Waals surface area contributed by atoms with Gasteiger partial charge in [-0.2, -0.15) is 0 Å². The highest BCUT2D eigenvalue weighted by atomic mass is 35.5. The average molecular weight is 370 g/mol. The molecule has 1 saturated heterocycles. The predicted molar refractivity (Wildman–Crippen MR) is 102 cm³/mol. The highest BCUT2D eigenvalue weighted by Gasteiger charge is 2.41. The number of halogens is 1. The molecule has 0 spiro atoms. The molecule has 0 radical (unpaired) electrons. The van der Waals surface area contributed by atoms with E-state index in [0.717, 1.165) is 62.4 Å². The van der Waals surface area contributed by atoms with Crippen molar-refractivity contribution in [1.82, 2.24) is 5.32 Å². The second-order valence-corrected chi connectivity index (χ2v) is 7.26. The van der Waals surface area contributed by atoms with Gasteiger partial charge in [0.2, 0.25) is 0 Å². The maximum absolute atomic E-state index is 9.20. The number of benzene rings is 1. The Hall–Kier alpha value is -0.650. The van der Waals surface area contributed by atoms with Crippen molar-refractivity contribution in [2.45, 2.75) is 44.1 Å². The van der Waals surface area contributed by atoms with Crippen molar-refractivity contribution in [3.8, 4) is 0 Å². The van der Waals surface area contributed by atoms with Gasteiger partial charge in [0.05, 0.1) is 5.60 Å². The second-order valence-electron chi connectivity index (χ2n) is 6.82. The Morgan fingerprint density at radius 2 is 2.16 bits per heavy atom. The van der Waals surface area contributed by atoms with Crippen LogP contribution in [0.15, 0.2) is 24.3 Å². The summed E-state index contributed by atoms with van der Waals surface area (Å²) in [7, 11) is 1.74. The molecule has 5 heteroatoms. The number of rotatable bonds is 11. The summed E-state index contributed by atoms with van der Waals surface area (Å²) < 4.78 is 11.7.